The summed E-state index contributed by atoms with van der Waals surface area (Å²) >= 11 is 0.750. The molecule has 226 valence electrons. The van der Waals surface area contributed by atoms with Crippen molar-refractivity contribution in [3.8, 4) is 0 Å². The Morgan fingerprint density at radius 2 is 1.59 bits per heavy atom. The Morgan fingerprint density at radius 1 is 0.951 bits per heavy atom. The van der Waals surface area contributed by atoms with Gasteiger partial charge in [0.2, 0.25) is 5.91 Å². The molecule has 0 aromatic heterocycles. The highest BCUT2D eigenvalue weighted by atomic mass is 32.2. The van der Waals surface area contributed by atoms with Crippen molar-refractivity contribution < 1.29 is 61.4 Å². The number of rotatable bonds is 12. The third-order valence-corrected chi connectivity index (χ3v) is 6.33. The first-order valence-corrected chi connectivity index (χ1v) is 13.1. The molecule has 15 heteroatoms. The molecular weight excluding hydrogens is 566 g/mol. The Bertz CT molecular complexity index is 1110. The summed E-state index contributed by atoms with van der Waals surface area (Å²) < 4.78 is 38.4. The van der Waals surface area contributed by atoms with Gasteiger partial charge in [-0.05, 0) is 12.1 Å². The molecule has 1 aromatic rings. The van der Waals surface area contributed by atoms with Crippen LogP contribution in [-0.4, -0.2) is 85.7 Å². The van der Waals surface area contributed by atoms with E-state index in [9.17, 15) is 28.8 Å². The molecule has 1 aliphatic rings. The molecule has 0 aliphatic carbocycles. The summed E-state index contributed by atoms with van der Waals surface area (Å²) in [6, 6.07) is 7.33. The van der Waals surface area contributed by atoms with E-state index in [2.05, 4.69) is 5.32 Å². The first-order chi connectivity index (χ1) is 19.3. The fourth-order valence-corrected chi connectivity index (χ4v) is 4.75. The van der Waals surface area contributed by atoms with Crippen LogP contribution in [0.5, 0.6) is 0 Å². The van der Waals surface area contributed by atoms with Crippen molar-refractivity contribution in [3.05, 3.63) is 30.3 Å². The van der Waals surface area contributed by atoms with E-state index in [0.717, 1.165) is 46.8 Å². The molecule has 0 radical (unpaired) electrons. The standard InChI is InChI=1S/C26H33NO13S/c1-14(28)27-22-20(36-16(3)30)12-26(25(33)34-6,40-41-19-10-8-7-9-11-19)39-24(22)23(38-18(5)32)21(37-17(4)31)13-35-15(2)29/h7-11,20-24H,12-13H2,1-6H3,(H,27,28)/t20-,21+,22+,23+,24+,26+/m0/s1. The first kappa shape index (κ1) is 33.5. The Labute approximate surface area is 240 Å². The SMILES string of the molecule is COC(=O)[C@]1(OSc2ccccc2)C[C@H](OC(C)=O)[C@@H](NC(C)=O)[C@H]([C@H](OC(C)=O)[C@@H](COC(C)=O)OC(C)=O)O1. The molecule has 0 spiro atoms. The number of ether oxygens (including phenoxy) is 6. The second-order valence-electron chi connectivity index (χ2n) is 8.91. The number of carbonyl (C=O) groups is 6. The first-order valence-electron chi connectivity index (χ1n) is 12.4. The molecule has 1 fully saturated rings. The molecule has 0 saturated carbocycles. The van der Waals surface area contributed by atoms with Gasteiger partial charge in [-0.1, -0.05) is 18.2 Å². The number of hydrogen-bond acceptors (Lipinski definition) is 14. The molecule has 1 aromatic carbocycles. The summed E-state index contributed by atoms with van der Waals surface area (Å²) in [5, 5.41) is 2.59. The van der Waals surface area contributed by atoms with Gasteiger partial charge >= 0.3 is 29.8 Å². The molecule has 1 amide bonds. The van der Waals surface area contributed by atoms with Gasteiger partial charge in [-0.25, -0.2) is 4.79 Å². The molecule has 1 aliphatic heterocycles. The fraction of sp³-hybridized carbons (Fsp3) is 0.538. The zero-order chi connectivity index (χ0) is 30.7. The lowest BCUT2D eigenvalue weighted by molar-refractivity contribution is -0.286. The summed E-state index contributed by atoms with van der Waals surface area (Å²) in [6.07, 6.45) is -6.48. The van der Waals surface area contributed by atoms with E-state index in [4.69, 9.17) is 32.6 Å². The predicted molar refractivity (Wildman–Crippen MR) is 139 cm³/mol. The van der Waals surface area contributed by atoms with Crippen LogP contribution in [0.3, 0.4) is 0 Å². The van der Waals surface area contributed by atoms with Crippen LogP contribution in [-0.2, 0) is 61.4 Å². The second-order valence-corrected chi connectivity index (χ2v) is 9.71. The fourth-order valence-electron chi connectivity index (χ4n) is 4.07. The number of hydrogen-bond donors (Lipinski definition) is 1. The molecule has 41 heavy (non-hydrogen) atoms. The Morgan fingerprint density at radius 3 is 2.10 bits per heavy atom. The van der Waals surface area contributed by atoms with Crippen molar-refractivity contribution in [2.24, 2.45) is 0 Å². The van der Waals surface area contributed by atoms with Gasteiger partial charge in [0, 0.05) is 51.6 Å². The van der Waals surface area contributed by atoms with E-state index in [-0.39, 0.29) is 0 Å². The molecule has 14 nitrogen and oxygen atoms in total. The van der Waals surface area contributed by atoms with Crippen LogP contribution in [0.1, 0.15) is 41.0 Å². The highest BCUT2D eigenvalue weighted by Crippen LogP contribution is 2.40. The number of methoxy groups -OCH3 is 1. The summed E-state index contributed by atoms with van der Waals surface area (Å²) in [5.74, 6) is -7.17. The molecule has 0 unspecified atom stereocenters. The maximum Gasteiger partial charge on any atom is 0.367 e. The average Bonchev–Trinajstić information content (AvgIpc) is 2.89. The molecular formula is C26H33NO13S. The summed E-state index contributed by atoms with van der Waals surface area (Å²) in [5.41, 5.74) is 0. The molecule has 1 N–H and O–H groups in total. The van der Waals surface area contributed by atoms with Crippen LogP contribution < -0.4 is 5.32 Å². The maximum absolute atomic E-state index is 13.2. The monoisotopic (exact) mass is 599 g/mol. The summed E-state index contributed by atoms with van der Waals surface area (Å²) in [4.78, 5) is 74.0. The average molecular weight is 600 g/mol. The third-order valence-electron chi connectivity index (χ3n) is 5.51. The smallest absolute Gasteiger partial charge is 0.367 e. The predicted octanol–water partition coefficient (Wildman–Crippen LogP) is 1.23. The number of esters is 5. The second kappa shape index (κ2) is 15.3. The van der Waals surface area contributed by atoms with Crippen molar-refractivity contribution in [3.63, 3.8) is 0 Å². The van der Waals surface area contributed by atoms with E-state index in [1.54, 1.807) is 30.3 Å². The van der Waals surface area contributed by atoms with Gasteiger partial charge in [0.05, 0.1) is 19.6 Å². The molecule has 6 atom stereocenters. The van der Waals surface area contributed by atoms with Crippen molar-refractivity contribution in [2.45, 2.75) is 82.2 Å². The number of benzene rings is 1. The van der Waals surface area contributed by atoms with Crippen molar-refractivity contribution in [1.29, 1.82) is 0 Å². The van der Waals surface area contributed by atoms with Gasteiger partial charge in [0.25, 0.3) is 5.79 Å². The Kier molecular flexibility index (Phi) is 12.5. The van der Waals surface area contributed by atoms with Gasteiger partial charge in [-0.2, -0.15) is 0 Å². The highest BCUT2D eigenvalue weighted by Gasteiger charge is 2.59. The van der Waals surface area contributed by atoms with Crippen molar-refractivity contribution >= 4 is 47.8 Å². The van der Waals surface area contributed by atoms with E-state index >= 15 is 0 Å². The van der Waals surface area contributed by atoms with Crippen LogP contribution >= 0.6 is 12.0 Å². The van der Waals surface area contributed by atoms with Gasteiger partial charge < -0.3 is 33.7 Å². The van der Waals surface area contributed by atoms with Crippen LogP contribution in [0.15, 0.2) is 35.2 Å². The third kappa shape index (κ3) is 10.0. The van der Waals surface area contributed by atoms with Gasteiger partial charge in [-0.3, -0.25) is 28.2 Å². The maximum atomic E-state index is 13.2. The Balaban J connectivity index is 2.71. The topological polar surface area (TPSA) is 179 Å². The summed E-state index contributed by atoms with van der Waals surface area (Å²) in [7, 11) is 1.08. The van der Waals surface area contributed by atoms with Gasteiger partial charge in [-0.15, -0.1) is 0 Å². The van der Waals surface area contributed by atoms with E-state index in [0.29, 0.717) is 4.90 Å². The van der Waals surface area contributed by atoms with Crippen LogP contribution in [0.2, 0.25) is 0 Å². The zero-order valence-corrected chi connectivity index (χ0v) is 24.2. The lowest BCUT2D eigenvalue weighted by atomic mass is 9.88. The van der Waals surface area contributed by atoms with E-state index in [1.807, 2.05) is 0 Å². The minimum Gasteiger partial charge on any atom is -0.465 e. The molecule has 1 saturated heterocycles. The van der Waals surface area contributed by atoms with Crippen LogP contribution in [0, 0.1) is 0 Å². The quantitative estimate of drug-likeness (QED) is 0.206. The van der Waals surface area contributed by atoms with E-state index in [1.165, 1.54) is 6.92 Å². The van der Waals surface area contributed by atoms with Gasteiger partial charge in [0.1, 0.15) is 18.8 Å². The lowest BCUT2D eigenvalue weighted by Crippen LogP contribution is -2.69. The van der Waals surface area contributed by atoms with E-state index < -0.39 is 85.0 Å². The molecule has 0 bridgehead atoms. The van der Waals surface area contributed by atoms with Crippen molar-refractivity contribution in [2.75, 3.05) is 13.7 Å². The highest BCUT2D eigenvalue weighted by molar-refractivity contribution is 7.94. The van der Waals surface area contributed by atoms with Crippen molar-refractivity contribution in [1.82, 2.24) is 5.32 Å². The lowest BCUT2D eigenvalue weighted by Gasteiger charge is -2.48. The van der Waals surface area contributed by atoms with Crippen LogP contribution in [0.4, 0.5) is 0 Å². The number of nitrogens with one attached hydrogen (secondary N) is 1. The molecule has 2 rings (SSSR count). The summed E-state index contributed by atoms with van der Waals surface area (Å²) in [6.45, 7) is 4.92. The minimum absolute atomic E-state index is 0.463. The number of carbonyl (C=O) groups excluding carboxylic acids is 6. The zero-order valence-electron chi connectivity index (χ0n) is 23.4. The van der Waals surface area contributed by atoms with Gasteiger partial charge in [0.15, 0.2) is 12.2 Å². The largest absolute Gasteiger partial charge is 0.465 e. The van der Waals surface area contributed by atoms with Crippen LogP contribution in [0.25, 0.3) is 0 Å². The molecule has 1 heterocycles. The number of amides is 1. The Hall–Kier alpha value is -3.69. The minimum atomic E-state index is -2.30. The normalized spacial score (nSPS) is 23.2.